The highest BCUT2D eigenvalue weighted by molar-refractivity contribution is 6.32. The van der Waals surface area contributed by atoms with Crippen molar-refractivity contribution < 1.29 is 14.1 Å². The summed E-state index contributed by atoms with van der Waals surface area (Å²) >= 11 is 6.38. The molecule has 180 valence electrons. The van der Waals surface area contributed by atoms with E-state index in [1.165, 1.54) is 0 Å². The Labute approximate surface area is 213 Å². The number of aryl methyl sites for hydroxylation is 1. The van der Waals surface area contributed by atoms with Gasteiger partial charge in [0, 0.05) is 35.5 Å². The van der Waals surface area contributed by atoms with Crippen molar-refractivity contribution in [3.8, 4) is 34.0 Å². The van der Waals surface area contributed by atoms with E-state index in [1.807, 2.05) is 73.8 Å². The van der Waals surface area contributed by atoms with Crippen molar-refractivity contribution in [3.05, 3.63) is 107 Å². The monoisotopic (exact) mass is 498 g/mol. The first-order valence-corrected chi connectivity index (χ1v) is 11.7. The molecule has 5 aromatic rings. The lowest BCUT2D eigenvalue weighted by Gasteiger charge is -2.07. The Morgan fingerprint density at radius 2 is 1.78 bits per heavy atom. The Hall–Kier alpha value is -4.36. The van der Waals surface area contributed by atoms with E-state index in [9.17, 15) is 4.79 Å². The van der Waals surface area contributed by atoms with Crippen molar-refractivity contribution in [3.63, 3.8) is 0 Å². The van der Waals surface area contributed by atoms with E-state index in [4.69, 9.17) is 26.0 Å². The van der Waals surface area contributed by atoms with Crippen molar-refractivity contribution in [2.75, 3.05) is 7.11 Å². The van der Waals surface area contributed by atoms with E-state index >= 15 is 0 Å². The van der Waals surface area contributed by atoms with Gasteiger partial charge in [0.1, 0.15) is 5.75 Å². The van der Waals surface area contributed by atoms with Crippen LogP contribution in [0.25, 0.3) is 28.3 Å². The number of methoxy groups -OCH3 is 1. The van der Waals surface area contributed by atoms with E-state index in [-0.39, 0.29) is 18.1 Å². The second kappa shape index (κ2) is 10.1. The number of ether oxygens (including phenoxy) is 1. The number of benzene rings is 3. The van der Waals surface area contributed by atoms with Crippen LogP contribution >= 0.6 is 11.6 Å². The number of carbonyl (C=O) groups excluding carboxylic acids is 1. The standard InChI is InChI=1S/C28H23ClN4O3/c1-18-8-10-19(11-9-18)26-15-24(32-36-26)28(34)30-16-21-17-33(22-6-4-3-5-7-22)31-27(21)20-12-13-25(35-2)23(29)14-20/h3-15,17H,16H2,1-2H3,(H,30,34). The number of nitrogens with zero attached hydrogens (tertiary/aromatic N) is 3. The van der Waals surface area contributed by atoms with Gasteiger partial charge in [0.25, 0.3) is 5.91 Å². The lowest BCUT2D eigenvalue weighted by atomic mass is 10.1. The van der Waals surface area contributed by atoms with Crippen LogP contribution in [0.3, 0.4) is 0 Å². The molecule has 1 amide bonds. The maximum absolute atomic E-state index is 12.9. The van der Waals surface area contributed by atoms with Crippen LogP contribution in [0.1, 0.15) is 21.6 Å². The molecular weight excluding hydrogens is 476 g/mol. The first-order chi connectivity index (χ1) is 17.5. The van der Waals surface area contributed by atoms with E-state index in [1.54, 1.807) is 30.0 Å². The highest BCUT2D eigenvalue weighted by atomic mass is 35.5. The predicted octanol–water partition coefficient (Wildman–Crippen LogP) is 6.09. The molecule has 36 heavy (non-hydrogen) atoms. The third kappa shape index (κ3) is 4.87. The summed E-state index contributed by atoms with van der Waals surface area (Å²) in [4.78, 5) is 12.9. The van der Waals surface area contributed by atoms with Gasteiger partial charge in [-0.1, -0.05) is 64.8 Å². The minimum atomic E-state index is -0.344. The number of hydrogen-bond acceptors (Lipinski definition) is 5. The van der Waals surface area contributed by atoms with Crippen LogP contribution in [-0.2, 0) is 6.54 Å². The number of nitrogens with one attached hydrogen (secondary N) is 1. The van der Waals surface area contributed by atoms with Crippen LogP contribution in [0.2, 0.25) is 5.02 Å². The zero-order valence-corrected chi connectivity index (χ0v) is 20.5. The molecule has 0 fully saturated rings. The van der Waals surface area contributed by atoms with Gasteiger partial charge in [0.15, 0.2) is 11.5 Å². The normalized spacial score (nSPS) is 10.9. The van der Waals surface area contributed by atoms with Crippen LogP contribution < -0.4 is 10.1 Å². The maximum atomic E-state index is 12.9. The van der Waals surface area contributed by atoms with E-state index in [0.29, 0.717) is 22.2 Å². The fourth-order valence-electron chi connectivity index (χ4n) is 3.81. The zero-order chi connectivity index (χ0) is 25.1. The number of halogens is 1. The molecule has 1 N–H and O–H groups in total. The number of hydrogen-bond donors (Lipinski definition) is 1. The minimum Gasteiger partial charge on any atom is -0.495 e. The molecule has 0 spiro atoms. The lowest BCUT2D eigenvalue weighted by Crippen LogP contribution is -2.23. The maximum Gasteiger partial charge on any atom is 0.273 e. The van der Waals surface area contributed by atoms with Crippen molar-refractivity contribution in [1.82, 2.24) is 20.3 Å². The number of amides is 1. The number of carbonyl (C=O) groups is 1. The van der Waals surface area contributed by atoms with Crippen LogP contribution in [0, 0.1) is 6.92 Å². The summed E-state index contributed by atoms with van der Waals surface area (Å²) in [6, 6.07) is 24.7. The van der Waals surface area contributed by atoms with Gasteiger partial charge in [0.2, 0.25) is 0 Å². The molecule has 0 aliphatic carbocycles. The average Bonchev–Trinajstić information content (AvgIpc) is 3.56. The van der Waals surface area contributed by atoms with Gasteiger partial charge in [0.05, 0.1) is 23.5 Å². The largest absolute Gasteiger partial charge is 0.495 e. The number of para-hydroxylation sites is 1. The molecule has 5 rings (SSSR count). The molecule has 0 saturated heterocycles. The lowest BCUT2D eigenvalue weighted by molar-refractivity contribution is 0.0942. The molecule has 8 heteroatoms. The molecule has 0 aliphatic rings. The van der Waals surface area contributed by atoms with Crippen LogP contribution in [-0.4, -0.2) is 28.0 Å². The smallest absolute Gasteiger partial charge is 0.273 e. The SMILES string of the molecule is COc1ccc(-c2nn(-c3ccccc3)cc2CNC(=O)c2cc(-c3ccc(C)cc3)on2)cc1Cl. The summed E-state index contributed by atoms with van der Waals surface area (Å²) in [5, 5.41) is 12.1. The first kappa shape index (κ1) is 23.4. The molecule has 0 bridgehead atoms. The molecule has 0 aliphatic heterocycles. The van der Waals surface area contributed by atoms with Crippen LogP contribution in [0.15, 0.2) is 89.6 Å². The Morgan fingerprint density at radius 3 is 2.50 bits per heavy atom. The van der Waals surface area contributed by atoms with Crippen LogP contribution in [0.5, 0.6) is 5.75 Å². The van der Waals surface area contributed by atoms with Gasteiger partial charge < -0.3 is 14.6 Å². The summed E-state index contributed by atoms with van der Waals surface area (Å²) in [6.45, 7) is 2.24. The van der Waals surface area contributed by atoms with Gasteiger partial charge in [-0.25, -0.2) is 4.68 Å². The Balaban J connectivity index is 1.40. The van der Waals surface area contributed by atoms with Crippen LogP contribution in [0.4, 0.5) is 0 Å². The van der Waals surface area contributed by atoms with Crippen molar-refractivity contribution in [2.45, 2.75) is 13.5 Å². The second-order valence-corrected chi connectivity index (χ2v) is 8.66. The molecule has 2 heterocycles. The fraction of sp³-hybridized carbons (Fsp3) is 0.107. The molecular formula is C28H23ClN4O3. The third-order valence-electron chi connectivity index (χ3n) is 5.75. The summed E-state index contributed by atoms with van der Waals surface area (Å²) in [5.41, 5.74) is 5.42. The molecule has 0 atom stereocenters. The molecule has 0 unspecified atom stereocenters. The Kier molecular flexibility index (Phi) is 6.56. The second-order valence-electron chi connectivity index (χ2n) is 8.26. The van der Waals surface area contributed by atoms with Crippen molar-refractivity contribution in [2.24, 2.45) is 0 Å². The number of aromatic nitrogens is 3. The van der Waals surface area contributed by atoms with Crippen molar-refractivity contribution in [1.29, 1.82) is 0 Å². The Morgan fingerprint density at radius 1 is 1.03 bits per heavy atom. The van der Waals surface area contributed by atoms with Gasteiger partial charge in [-0.2, -0.15) is 5.10 Å². The summed E-state index contributed by atoms with van der Waals surface area (Å²) < 4.78 is 12.5. The minimum absolute atomic E-state index is 0.204. The highest BCUT2D eigenvalue weighted by Gasteiger charge is 2.18. The van der Waals surface area contributed by atoms with Gasteiger partial charge >= 0.3 is 0 Å². The Bertz CT molecular complexity index is 1510. The van der Waals surface area contributed by atoms with E-state index < -0.39 is 0 Å². The summed E-state index contributed by atoms with van der Waals surface area (Å²) in [7, 11) is 1.57. The highest BCUT2D eigenvalue weighted by Crippen LogP contribution is 2.31. The molecule has 0 radical (unpaired) electrons. The molecule has 0 saturated carbocycles. The topological polar surface area (TPSA) is 82.2 Å². The summed E-state index contributed by atoms with van der Waals surface area (Å²) in [5.74, 6) is 0.766. The first-order valence-electron chi connectivity index (χ1n) is 11.3. The number of rotatable bonds is 7. The molecule has 2 aromatic heterocycles. The predicted molar refractivity (Wildman–Crippen MR) is 138 cm³/mol. The average molecular weight is 499 g/mol. The van der Waals surface area contributed by atoms with Gasteiger partial charge in [-0.3, -0.25) is 4.79 Å². The van der Waals surface area contributed by atoms with E-state index in [2.05, 4.69) is 10.5 Å². The quantitative estimate of drug-likeness (QED) is 0.293. The van der Waals surface area contributed by atoms with Gasteiger partial charge in [-0.15, -0.1) is 0 Å². The van der Waals surface area contributed by atoms with E-state index in [0.717, 1.165) is 27.9 Å². The molecule has 7 nitrogen and oxygen atoms in total. The fourth-order valence-corrected chi connectivity index (χ4v) is 4.07. The zero-order valence-electron chi connectivity index (χ0n) is 19.7. The molecule has 3 aromatic carbocycles. The summed E-state index contributed by atoms with van der Waals surface area (Å²) in [6.07, 6.45) is 1.89. The van der Waals surface area contributed by atoms with Crippen molar-refractivity contribution >= 4 is 17.5 Å². The van der Waals surface area contributed by atoms with Gasteiger partial charge in [-0.05, 0) is 37.3 Å². The third-order valence-corrected chi connectivity index (χ3v) is 6.05.